The number of sulfonamides is 1. The van der Waals surface area contributed by atoms with E-state index < -0.39 is 20.6 Å². The second-order valence-electron chi connectivity index (χ2n) is 7.87. The molecule has 0 amide bonds. The van der Waals surface area contributed by atoms with E-state index in [1.54, 1.807) is 12.1 Å². The Labute approximate surface area is 184 Å². The van der Waals surface area contributed by atoms with Crippen LogP contribution in [0.1, 0.15) is 24.2 Å². The summed E-state index contributed by atoms with van der Waals surface area (Å²) in [7, 11) is -3.86. The topological polar surface area (TPSA) is 112 Å². The average molecular weight is 458 g/mol. The summed E-state index contributed by atoms with van der Waals surface area (Å²) in [6.07, 6.45) is 4.03. The highest BCUT2D eigenvalue weighted by Gasteiger charge is 2.29. The van der Waals surface area contributed by atoms with E-state index in [4.69, 9.17) is 13.9 Å². The van der Waals surface area contributed by atoms with Gasteiger partial charge in [0.15, 0.2) is 0 Å². The standard InChI is InChI=1S/C22H22N2O7S/c25-24(26)19-14-16(32(27,28)23-9-11-29-12-10-23)6-8-22(19)30-15-5-7-21-18(13-15)17-3-1-2-4-20(17)31-21/h5-8,13-14H,1-4,9-12H2. The number of aryl methyl sites for hydroxylation is 2. The predicted molar refractivity (Wildman–Crippen MR) is 116 cm³/mol. The van der Waals surface area contributed by atoms with Crippen molar-refractivity contribution < 1.29 is 27.2 Å². The third-order valence-corrected chi connectivity index (χ3v) is 7.78. The summed E-state index contributed by atoms with van der Waals surface area (Å²) in [5, 5.41) is 12.7. The van der Waals surface area contributed by atoms with E-state index in [2.05, 4.69) is 0 Å². The first-order valence-electron chi connectivity index (χ1n) is 10.5. The van der Waals surface area contributed by atoms with Crippen LogP contribution in [0, 0.1) is 10.1 Å². The zero-order valence-corrected chi connectivity index (χ0v) is 18.1. The van der Waals surface area contributed by atoms with E-state index in [1.165, 1.54) is 16.4 Å². The van der Waals surface area contributed by atoms with Crippen molar-refractivity contribution in [1.29, 1.82) is 0 Å². The Kier molecular flexibility index (Phi) is 5.36. The number of nitro groups is 1. The Hall–Kier alpha value is -2.95. The van der Waals surface area contributed by atoms with Gasteiger partial charge in [0.1, 0.15) is 17.1 Å². The largest absolute Gasteiger partial charge is 0.461 e. The number of fused-ring (bicyclic) bond motifs is 3. The van der Waals surface area contributed by atoms with Crippen molar-refractivity contribution in [2.45, 2.75) is 30.6 Å². The van der Waals surface area contributed by atoms with Gasteiger partial charge in [0.05, 0.1) is 23.0 Å². The van der Waals surface area contributed by atoms with Crippen LogP contribution in [0.4, 0.5) is 5.69 Å². The molecule has 0 radical (unpaired) electrons. The molecule has 1 aromatic heterocycles. The minimum atomic E-state index is -3.86. The van der Waals surface area contributed by atoms with Crippen molar-refractivity contribution in [2.75, 3.05) is 26.3 Å². The number of hydrogen-bond donors (Lipinski definition) is 0. The molecule has 5 rings (SSSR count). The molecule has 0 atom stereocenters. The molecule has 0 saturated carbocycles. The molecular formula is C22H22N2O7S. The number of nitrogens with zero attached hydrogens (tertiary/aromatic N) is 2. The molecule has 2 aliphatic rings. The van der Waals surface area contributed by atoms with Gasteiger partial charge in [0.2, 0.25) is 15.8 Å². The van der Waals surface area contributed by atoms with Gasteiger partial charge in [-0.05, 0) is 49.6 Å². The summed E-state index contributed by atoms with van der Waals surface area (Å²) in [4.78, 5) is 10.9. The van der Waals surface area contributed by atoms with E-state index in [0.717, 1.165) is 54.0 Å². The normalized spacial score (nSPS) is 17.2. The van der Waals surface area contributed by atoms with Crippen molar-refractivity contribution in [1.82, 2.24) is 4.31 Å². The minimum Gasteiger partial charge on any atom is -0.461 e. The number of furan rings is 1. The third-order valence-electron chi connectivity index (χ3n) is 5.89. The number of rotatable bonds is 5. The van der Waals surface area contributed by atoms with E-state index in [-0.39, 0.29) is 23.7 Å². The summed E-state index contributed by atoms with van der Waals surface area (Å²) < 4.78 is 44.0. The van der Waals surface area contributed by atoms with E-state index >= 15 is 0 Å². The minimum absolute atomic E-state index is 0.0207. The summed E-state index contributed by atoms with van der Waals surface area (Å²) >= 11 is 0. The lowest BCUT2D eigenvalue weighted by Gasteiger charge is -2.26. The highest BCUT2D eigenvalue weighted by molar-refractivity contribution is 7.89. The first-order valence-corrected chi connectivity index (χ1v) is 12.0. The first-order chi connectivity index (χ1) is 15.4. The molecule has 3 aromatic rings. The predicted octanol–water partition coefficient (Wildman–Crippen LogP) is 4.03. The van der Waals surface area contributed by atoms with Crippen molar-refractivity contribution in [3.63, 3.8) is 0 Å². The molecule has 0 bridgehead atoms. The van der Waals surface area contributed by atoms with Crippen molar-refractivity contribution >= 4 is 26.7 Å². The van der Waals surface area contributed by atoms with Crippen molar-refractivity contribution in [3.8, 4) is 11.5 Å². The smallest absolute Gasteiger partial charge is 0.312 e. The Morgan fingerprint density at radius 1 is 1.03 bits per heavy atom. The number of ether oxygens (including phenoxy) is 2. The monoisotopic (exact) mass is 458 g/mol. The van der Waals surface area contributed by atoms with Crippen LogP contribution in [0.5, 0.6) is 11.5 Å². The van der Waals surface area contributed by atoms with E-state index in [9.17, 15) is 18.5 Å². The van der Waals surface area contributed by atoms with E-state index in [1.807, 2.05) is 6.07 Å². The van der Waals surface area contributed by atoms with Gasteiger partial charge in [0, 0.05) is 36.5 Å². The molecule has 9 nitrogen and oxygen atoms in total. The second-order valence-corrected chi connectivity index (χ2v) is 9.81. The number of benzene rings is 2. The molecule has 10 heteroatoms. The zero-order valence-electron chi connectivity index (χ0n) is 17.3. The molecule has 1 saturated heterocycles. The molecule has 1 aliphatic heterocycles. The molecular weight excluding hydrogens is 436 g/mol. The Balaban J connectivity index is 1.48. The van der Waals surface area contributed by atoms with Gasteiger partial charge in [-0.3, -0.25) is 10.1 Å². The maximum Gasteiger partial charge on any atom is 0.312 e. The van der Waals surface area contributed by atoms with Crippen molar-refractivity contribution in [3.05, 3.63) is 57.8 Å². The van der Waals surface area contributed by atoms with Gasteiger partial charge in [-0.1, -0.05) is 0 Å². The summed E-state index contributed by atoms with van der Waals surface area (Å²) in [6.45, 7) is 1.01. The number of hydrogen-bond acceptors (Lipinski definition) is 7. The molecule has 0 unspecified atom stereocenters. The average Bonchev–Trinajstić information content (AvgIpc) is 3.18. The van der Waals surface area contributed by atoms with Crippen LogP contribution in [-0.4, -0.2) is 43.9 Å². The summed E-state index contributed by atoms with van der Waals surface area (Å²) in [6, 6.07) is 9.04. The van der Waals surface area contributed by atoms with Crippen LogP contribution in [-0.2, 0) is 27.6 Å². The number of nitro benzene ring substituents is 1. The SMILES string of the molecule is O=[N+]([O-])c1cc(S(=O)(=O)N2CCOCC2)ccc1Oc1ccc2oc3c(c2c1)CCCC3. The lowest BCUT2D eigenvalue weighted by atomic mass is 9.96. The van der Waals surface area contributed by atoms with Crippen LogP contribution >= 0.6 is 0 Å². The summed E-state index contributed by atoms with van der Waals surface area (Å²) in [5.74, 6) is 1.40. The maximum atomic E-state index is 12.9. The molecule has 0 spiro atoms. The van der Waals surface area contributed by atoms with Gasteiger partial charge >= 0.3 is 5.69 Å². The maximum absolute atomic E-state index is 12.9. The first kappa shape index (κ1) is 20.9. The number of morpholine rings is 1. The second kappa shape index (κ2) is 8.19. The van der Waals surface area contributed by atoms with Crippen LogP contribution < -0.4 is 4.74 Å². The molecule has 2 heterocycles. The molecule has 1 fully saturated rings. The zero-order chi connectivity index (χ0) is 22.3. The Morgan fingerprint density at radius 3 is 2.59 bits per heavy atom. The van der Waals surface area contributed by atoms with Crippen LogP contribution in [0.3, 0.4) is 0 Å². The van der Waals surface area contributed by atoms with E-state index in [0.29, 0.717) is 19.0 Å². The lowest BCUT2D eigenvalue weighted by Crippen LogP contribution is -2.40. The highest BCUT2D eigenvalue weighted by Crippen LogP contribution is 2.38. The van der Waals surface area contributed by atoms with Gasteiger partial charge < -0.3 is 13.9 Å². The van der Waals surface area contributed by atoms with Crippen LogP contribution in [0.2, 0.25) is 0 Å². The quantitative estimate of drug-likeness (QED) is 0.419. The van der Waals surface area contributed by atoms with Gasteiger partial charge in [0.25, 0.3) is 0 Å². The Morgan fingerprint density at radius 2 is 1.81 bits per heavy atom. The van der Waals surface area contributed by atoms with Crippen LogP contribution in [0.15, 0.2) is 45.7 Å². The Bertz CT molecular complexity index is 1290. The van der Waals surface area contributed by atoms with Gasteiger partial charge in [-0.25, -0.2) is 8.42 Å². The molecule has 2 aromatic carbocycles. The lowest BCUT2D eigenvalue weighted by molar-refractivity contribution is -0.385. The fourth-order valence-electron chi connectivity index (χ4n) is 4.25. The fourth-order valence-corrected chi connectivity index (χ4v) is 5.68. The molecule has 32 heavy (non-hydrogen) atoms. The van der Waals surface area contributed by atoms with Crippen molar-refractivity contribution in [2.24, 2.45) is 0 Å². The highest BCUT2D eigenvalue weighted by atomic mass is 32.2. The fraction of sp³-hybridized carbons (Fsp3) is 0.364. The molecule has 1 aliphatic carbocycles. The molecule has 0 N–H and O–H groups in total. The van der Waals surface area contributed by atoms with Gasteiger partial charge in [-0.15, -0.1) is 0 Å². The summed E-state index contributed by atoms with van der Waals surface area (Å²) in [5.41, 5.74) is 1.53. The molecule has 168 valence electrons. The van der Waals surface area contributed by atoms with Crippen LogP contribution in [0.25, 0.3) is 11.0 Å². The van der Waals surface area contributed by atoms with Gasteiger partial charge in [-0.2, -0.15) is 4.31 Å². The third kappa shape index (κ3) is 3.74.